The maximum Gasteiger partial charge on any atom is 0.573 e. The summed E-state index contributed by atoms with van der Waals surface area (Å²) in [6.07, 6.45) is -4.89. The molecule has 0 spiro atoms. The van der Waals surface area contributed by atoms with Crippen LogP contribution in [-0.2, 0) is 17.8 Å². The topological polar surface area (TPSA) is 81.8 Å². The number of carboxylic acids is 1. The van der Waals surface area contributed by atoms with E-state index in [0.29, 0.717) is 22.6 Å². The molecule has 0 radical (unpaired) electrons. The number of ether oxygens (including phenoxy) is 2. The molecule has 4 aromatic rings. The maximum absolute atomic E-state index is 13.0. The van der Waals surface area contributed by atoms with Crippen molar-refractivity contribution < 1.29 is 37.1 Å². The zero-order valence-electron chi connectivity index (χ0n) is 20.1. The van der Waals surface area contributed by atoms with Crippen molar-refractivity contribution in [2.75, 3.05) is 0 Å². The largest absolute Gasteiger partial charge is 0.573 e. The Morgan fingerprint density at radius 1 is 0.973 bits per heavy atom. The van der Waals surface area contributed by atoms with Crippen LogP contribution in [0.3, 0.4) is 0 Å². The van der Waals surface area contributed by atoms with E-state index in [9.17, 15) is 18.0 Å². The SMILES string of the molecule is CC(C)c1onc(-c2ccccc2OC(F)(F)F)c1COc1ccc(-c2ccc(CC(=O)O)cc2)cc1. The molecule has 37 heavy (non-hydrogen) atoms. The average molecular weight is 511 g/mol. The van der Waals surface area contributed by atoms with Crippen LogP contribution in [0.1, 0.15) is 36.7 Å². The predicted molar refractivity (Wildman–Crippen MR) is 130 cm³/mol. The highest BCUT2D eigenvalue weighted by atomic mass is 19.4. The molecule has 0 saturated heterocycles. The van der Waals surface area contributed by atoms with Crippen molar-refractivity contribution in [3.8, 4) is 33.9 Å². The van der Waals surface area contributed by atoms with Gasteiger partial charge in [0.2, 0.25) is 0 Å². The fourth-order valence-corrected chi connectivity index (χ4v) is 3.89. The molecule has 0 aliphatic rings. The minimum Gasteiger partial charge on any atom is -0.489 e. The Hall–Kier alpha value is -4.27. The molecule has 0 aliphatic heterocycles. The summed E-state index contributed by atoms with van der Waals surface area (Å²) in [7, 11) is 0. The summed E-state index contributed by atoms with van der Waals surface area (Å²) in [4.78, 5) is 10.9. The Balaban J connectivity index is 1.55. The number of para-hydroxylation sites is 1. The van der Waals surface area contributed by atoms with Crippen molar-refractivity contribution >= 4 is 5.97 Å². The van der Waals surface area contributed by atoms with Crippen molar-refractivity contribution in [1.82, 2.24) is 5.16 Å². The summed E-state index contributed by atoms with van der Waals surface area (Å²) in [6.45, 7) is 3.81. The third kappa shape index (κ3) is 6.49. The molecule has 0 fully saturated rings. The number of aromatic nitrogens is 1. The highest BCUT2D eigenvalue weighted by Gasteiger charge is 2.33. The van der Waals surface area contributed by atoms with E-state index in [-0.39, 0.29) is 36.0 Å². The fraction of sp³-hybridized carbons (Fsp3) is 0.214. The summed E-state index contributed by atoms with van der Waals surface area (Å²) in [5.74, 6) is -0.286. The van der Waals surface area contributed by atoms with E-state index >= 15 is 0 Å². The van der Waals surface area contributed by atoms with Gasteiger partial charge in [-0.25, -0.2) is 0 Å². The predicted octanol–water partition coefficient (Wildman–Crippen LogP) is 7.24. The fourth-order valence-electron chi connectivity index (χ4n) is 3.89. The smallest absolute Gasteiger partial charge is 0.489 e. The molecule has 0 amide bonds. The van der Waals surface area contributed by atoms with Crippen LogP contribution < -0.4 is 9.47 Å². The van der Waals surface area contributed by atoms with Crippen LogP contribution in [0.15, 0.2) is 77.3 Å². The minimum absolute atomic E-state index is 0.0237. The monoisotopic (exact) mass is 511 g/mol. The first kappa shape index (κ1) is 25.8. The second-order valence-electron chi connectivity index (χ2n) is 8.65. The first-order valence-corrected chi connectivity index (χ1v) is 11.5. The third-order valence-electron chi connectivity index (χ3n) is 5.59. The van der Waals surface area contributed by atoms with Crippen LogP contribution in [0.2, 0.25) is 0 Å². The Labute approximate surface area is 211 Å². The van der Waals surface area contributed by atoms with Crippen LogP contribution in [0.4, 0.5) is 13.2 Å². The summed E-state index contributed by atoms with van der Waals surface area (Å²) >= 11 is 0. The van der Waals surface area contributed by atoms with Crippen LogP contribution in [0.5, 0.6) is 11.5 Å². The number of nitrogens with zero attached hydrogens (tertiary/aromatic N) is 1. The molecular formula is C28H24F3NO5. The van der Waals surface area contributed by atoms with Gasteiger partial charge in [0, 0.05) is 11.5 Å². The van der Waals surface area contributed by atoms with Gasteiger partial charge in [-0.05, 0) is 41.0 Å². The number of hydrogen-bond donors (Lipinski definition) is 1. The van der Waals surface area contributed by atoms with Gasteiger partial charge < -0.3 is 19.1 Å². The Bertz CT molecular complexity index is 1360. The molecule has 6 nitrogen and oxygen atoms in total. The van der Waals surface area contributed by atoms with Gasteiger partial charge in [-0.2, -0.15) is 0 Å². The lowest BCUT2D eigenvalue weighted by Gasteiger charge is -2.13. The molecule has 0 saturated carbocycles. The molecule has 9 heteroatoms. The van der Waals surface area contributed by atoms with Gasteiger partial charge in [-0.3, -0.25) is 4.79 Å². The normalized spacial score (nSPS) is 11.5. The Morgan fingerprint density at radius 3 is 2.19 bits per heavy atom. The first-order chi connectivity index (χ1) is 17.6. The highest BCUT2D eigenvalue weighted by molar-refractivity contribution is 5.72. The molecule has 1 heterocycles. The summed E-state index contributed by atoms with van der Waals surface area (Å²) < 4.78 is 54.5. The number of carbonyl (C=O) groups is 1. The number of alkyl halides is 3. The standard InChI is InChI=1S/C28H24F3NO5/c1-17(2)27-23(26(32-37-27)22-5-3-4-6-24(22)36-28(29,30)31)16-35-21-13-11-20(12-14-21)19-9-7-18(8-10-19)15-25(33)34/h3-14,17H,15-16H2,1-2H3,(H,33,34). The van der Waals surface area contributed by atoms with E-state index in [1.165, 1.54) is 18.2 Å². The molecule has 3 aromatic carbocycles. The van der Waals surface area contributed by atoms with E-state index in [1.54, 1.807) is 30.3 Å². The van der Waals surface area contributed by atoms with Crippen LogP contribution in [0.25, 0.3) is 22.4 Å². The zero-order chi connectivity index (χ0) is 26.6. The van der Waals surface area contributed by atoms with Crippen LogP contribution in [-0.4, -0.2) is 22.6 Å². The molecule has 0 unspecified atom stereocenters. The lowest BCUT2D eigenvalue weighted by atomic mass is 10.0. The lowest BCUT2D eigenvalue weighted by molar-refractivity contribution is -0.274. The number of rotatable bonds is 9. The Kier molecular flexibility index (Phi) is 7.52. The highest BCUT2D eigenvalue weighted by Crippen LogP contribution is 2.38. The van der Waals surface area contributed by atoms with Crippen molar-refractivity contribution in [3.63, 3.8) is 0 Å². The number of carboxylic acid groups (broad SMARTS) is 1. The van der Waals surface area contributed by atoms with Gasteiger partial charge in [0.05, 0.1) is 12.0 Å². The van der Waals surface area contributed by atoms with Crippen LogP contribution >= 0.6 is 0 Å². The molecular weight excluding hydrogens is 487 g/mol. The molecule has 1 aromatic heterocycles. The second kappa shape index (κ2) is 10.8. The molecule has 0 atom stereocenters. The van der Waals surface area contributed by atoms with Crippen molar-refractivity contribution in [2.45, 2.75) is 39.2 Å². The quantitative estimate of drug-likeness (QED) is 0.255. The molecule has 4 rings (SSSR count). The van der Waals surface area contributed by atoms with Gasteiger partial charge >= 0.3 is 12.3 Å². The van der Waals surface area contributed by atoms with Gasteiger partial charge in [-0.15, -0.1) is 13.2 Å². The number of halogens is 3. The summed E-state index contributed by atoms with van der Waals surface area (Å²) in [6, 6.07) is 20.3. The van der Waals surface area contributed by atoms with E-state index in [2.05, 4.69) is 9.89 Å². The van der Waals surface area contributed by atoms with E-state index in [4.69, 9.17) is 14.4 Å². The molecule has 1 N–H and O–H groups in total. The second-order valence-corrected chi connectivity index (χ2v) is 8.65. The zero-order valence-corrected chi connectivity index (χ0v) is 20.1. The van der Waals surface area contributed by atoms with Gasteiger partial charge in [0.1, 0.15) is 29.6 Å². The van der Waals surface area contributed by atoms with Crippen molar-refractivity contribution in [1.29, 1.82) is 0 Å². The number of benzene rings is 3. The van der Waals surface area contributed by atoms with Crippen molar-refractivity contribution in [2.24, 2.45) is 0 Å². The van der Waals surface area contributed by atoms with E-state index in [0.717, 1.165) is 11.1 Å². The number of aliphatic carboxylic acids is 1. The molecule has 0 aliphatic carbocycles. The van der Waals surface area contributed by atoms with Crippen LogP contribution in [0, 0.1) is 0 Å². The van der Waals surface area contributed by atoms with Gasteiger partial charge in [0.15, 0.2) is 0 Å². The van der Waals surface area contributed by atoms with Gasteiger partial charge in [-0.1, -0.05) is 67.5 Å². The number of hydrogen-bond acceptors (Lipinski definition) is 5. The maximum atomic E-state index is 13.0. The van der Waals surface area contributed by atoms with E-state index in [1.807, 2.05) is 38.1 Å². The summed E-state index contributed by atoms with van der Waals surface area (Å²) in [5, 5.41) is 13.0. The molecule has 0 bridgehead atoms. The average Bonchev–Trinajstić information content (AvgIpc) is 3.27. The van der Waals surface area contributed by atoms with Gasteiger partial charge in [0.25, 0.3) is 0 Å². The van der Waals surface area contributed by atoms with Crippen molar-refractivity contribution in [3.05, 3.63) is 89.7 Å². The molecule has 192 valence electrons. The lowest BCUT2D eigenvalue weighted by Crippen LogP contribution is -2.17. The third-order valence-corrected chi connectivity index (χ3v) is 5.59. The van der Waals surface area contributed by atoms with E-state index < -0.39 is 12.3 Å². The Morgan fingerprint density at radius 2 is 1.59 bits per heavy atom. The first-order valence-electron chi connectivity index (χ1n) is 11.5. The summed E-state index contributed by atoms with van der Waals surface area (Å²) in [5.41, 5.74) is 3.46. The minimum atomic E-state index is -4.85.